The van der Waals surface area contributed by atoms with Gasteiger partial charge >= 0.3 is 41.7 Å². The van der Waals surface area contributed by atoms with Crippen LogP contribution in [0, 0.1) is 6.92 Å². The van der Waals surface area contributed by atoms with Gasteiger partial charge in [-0.05, 0) is 24.0 Å². The zero-order valence-electron chi connectivity index (χ0n) is 16.1. The fourth-order valence-electron chi connectivity index (χ4n) is 2.45. The van der Waals surface area contributed by atoms with Crippen molar-refractivity contribution in [3.63, 3.8) is 0 Å². The fourth-order valence-corrected chi connectivity index (χ4v) is 2.45. The van der Waals surface area contributed by atoms with Gasteiger partial charge in [-0.3, -0.25) is 4.79 Å². The number of carbonyl (C=O) groups excluding carboxylic acids is 1. The van der Waals surface area contributed by atoms with Crippen LogP contribution in [0.5, 0.6) is 0 Å². The number of aryl methyl sites for hydroxylation is 1. The lowest BCUT2D eigenvalue weighted by Gasteiger charge is -2.39. The lowest BCUT2D eigenvalue weighted by atomic mass is 9.93. The lowest BCUT2D eigenvalue weighted by Crippen LogP contribution is -2.71. The van der Waals surface area contributed by atoms with E-state index in [-0.39, 0.29) is 11.1 Å². The van der Waals surface area contributed by atoms with Gasteiger partial charge in [-0.15, -0.1) is 0 Å². The van der Waals surface area contributed by atoms with Crippen LogP contribution in [0.3, 0.4) is 0 Å². The van der Waals surface area contributed by atoms with Gasteiger partial charge in [0.1, 0.15) is 0 Å². The standard InChI is InChI=1S/C17H14F13NO/c1-7(2)9-6-4-5-8(3)10(9)31-11(32)12(18,19)13(20,21)14(22,23)15(24,25)16(26,27)17(28,29)30/h4-7H,1-3H3,(H,31,32). The van der Waals surface area contributed by atoms with Crippen LogP contribution in [0.2, 0.25) is 0 Å². The van der Waals surface area contributed by atoms with Gasteiger partial charge in [-0.1, -0.05) is 32.0 Å². The highest BCUT2D eigenvalue weighted by atomic mass is 19.4. The van der Waals surface area contributed by atoms with E-state index >= 15 is 0 Å². The number of rotatable bonds is 7. The number of alkyl halides is 13. The average Bonchev–Trinajstić information content (AvgIpc) is 2.61. The molecule has 0 bridgehead atoms. The molecule has 0 saturated heterocycles. The molecule has 32 heavy (non-hydrogen) atoms. The Bertz CT molecular complexity index is 858. The molecule has 0 aliphatic carbocycles. The van der Waals surface area contributed by atoms with Crippen LogP contribution in [-0.2, 0) is 4.79 Å². The second-order valence-electron chi connectivity index (χ2n) is 7.02. The van der Waals surface area contributed by atoms with Crippen molar-refractivity contribution in [3.8, 4) is 0 Å². The molecule has 0 radical (unpaired) electrons. The number of para-hydroxylation sites is 1. The smallest absolute Gasteiger partial charge is 0.320 e. The normalized spacial score (nSPS) is 14.7. The fraction of sp³-hybridized carbons (Fsp3) is 0.588. The number of carbonyl (C=O) groups is 1. The summed E-state index contributed by atoms with van der Waals surface area (Å²) < 4.78 is 171. The maximum Gasteiger partial charge on any atom is 0.460 e. The molecule has 0 aliphatic heterocycles. The van der Waals surface area contributed by atoms with Gasteiger partial charge in [-0.2, -0.15) is 57.1 Å². The quantitative estimate of drug-likeness (QED) is 0.415. The lowest BCUT2D eigenvalue weighted by molar-refractivity contribution is -0.435. The average molecular weight is 495 g/mol. The SMILES string of the molecule is Cc1cccc(C(C)C)c1NC(=O)C(F)(F)C(F)(F)C(F)(F)C(F)(F)C(F)(F)C(F)(F)F. The first-order chi connectivity index (χ1) is 14.0. The van der Waals surface area contributed by atoms with E-state index in [0.29, 0.717) is 0 Å². The molecular formula is C17H14F13NO. The van der Waals surface area contributed by atoms with Crippen molar-refractivity contribution in [2.24, 2.45) is 0 Å². The molecule has 0 fully saturated rings. The Morgan fingerprint density at radius 2 is 1.19 bits per heavy atom. The van der Waals surface area contributed by atoms with Gasteiger partial charge in [0.05, 0.1) is 0 Å². The van der Waals surface area contributed by atoms with Crippen molar-refractivity contribution in [1.82, 2.24) is 0 Å². The summed E-state index contributed by atoms with van der Waals surface area (Å²) in [6.45, 7) is 4.03. The minimum Gasteiger partial charge on any atom is -0.320 e. The van der Waals surface area contributed by atoms with E-state index in [1.807, 2.05) is 0 Å². The Kier molecular flexibility index (Phi) is 6.93. The molecule has 0 spiro atoms. The molecule has 0 saturated carbocycles. The highest BCUT2D eigenvalue weighted by Gasteiger charge is 2.91. The summed E-state index contributed by atoms with van der Waals surface area (Å²) in [5, 5.41) is 1.14. The second kappa shape index (κ2) is 7.97. The molecule has 0 aliphatic rings. The molecule has 1 aromatic rings. The summed E-state index contributed by atoms with van der Waals surface area (Å²) >= 11 is 0. The number of anilines is 1. The summed E-state index contributed by atoms with van der Waals surface area (Å²) in [6, 6.07) is 3.70. The van der Waals surface area contributed by atoms with E-state index in [4.69, 9.17) is 0 Å². The third-order valence-electron chi connectivity index (χ3n) is 4.38. The minimum atomic E-state index is -8.06. The molecule has 15 heteroatoms. The first kappa shape index (κ1) is 27.8. The van der Waals surface area contributed by atoms with Crippen LogP contribution < -0.4 is 5.32 Å². The summed E-state index contributed by atoms with van der Waals surface area (Å²) in [5.74, 6) is -42.4. The number of hydrogen-bond acceptors (Lipinski definition) is 1. The zero-order chi connectivity index (χ0) is 25.7. The Morgan fingerprint density at radius 1 is 0.750 bits per heavy atom. The van der Waals surface area contributed by atoms with Crippen LogP contribution in [0.1, 0.15) is 30.9 Å². The third kappa shape index (κ3) is 3.98. The van der Waals surface area contributed by atoms with Crippen LogP contribution in [0.15, 0.2) is 18.2 Å². The predicted octanol–water partition coefficient (Wildman–Crippen LogP) is 6.80. The first-order valence-electron chi connectivity index (χ1n) is 8.35. The largest absolute Gasteiger partial charge is 0.460 e. The van der Waals surface area contributed by atoms with Gasteiger partial charge in [-0.25, -0.2) is 0 Å². The van der Waals surface area contributed by atoms with Crippen LogP contribution in [0.4, 0.5) is 62.8 Å². The highest BCUT2D eigenvalue weighted by molar-refractivity contribution is 5.98. The zero-order valence-corrected chi connectivity index (χ0v) is 16.1. The van der Waals surface area contributed by atoms with Crippen LogP contribution in [-0.4, -0.2) is 41.7 Å². The molecular weight excluding hydrogens is 481 g/mol. The van der Waals surface area contributed by atoms with Gasteiger partial charge in [0.25, 0.3) is 0 Å². The topological polar surface area (TPSA) is 29.1 Å². The monoisotopic (exact) mass is 495 g/mol. The molecule has 0 heterocycles. The van der Waals surface area contributed by atoms with Crippen molar-refractivity contribution in [2.45, 2.75) is 62.5 Å². The molecule has 1 rings (SSSR count). The van der Waals surface area contributed by atoms with E-state index in [2.05, 4.69) is 0 Å². The molecule has 1 aromatic carbocycles. The Hall–Kier alpha value is -2.22. The molecule has 2 nitrogen and oxygen atoms in total. The molecule has 0 unspecified atom stereocenters. The number of hydrogen-bond donors (Lipinski definition) is 1. The van der Waals surface area contributed by atoms with E-state index in [9.17, 15) is 61.9 Å². The van der Waals surface area contributed by atoms with Crippen molar-refractivity contribution in [2.75, 3.05) is 5.32 Å². The number of benzene rings is 1. The van der Waals surface area contributed by atoms with E-state index in [0.717, 1.165) is 18.3 Å². The Balaban J connectivity index is 3.51. The maximum atomic E-state index is 14.0. The molecule has 0 atom stereocenters. The van der Waals surface area contributed by atoms with Crippen molar-refractivity contribution < 1.29 is 61.9 Å². The number of amides is 1. The summed E-state index contributed by atoms with van der Waals surface area (Å²) in [7, 11) is 0. The molecule has 1 N–H and O–H groups in total. The van der Waals surface area contributed by atoms with Crippen molar-refractivity contribution in [3.05, 3.63) is 29.3 Å². The number of halogens is 13. The minimum absolute atomic E-state index is 0.0122. The van der Waals surface area contributed by atoms with Gasteiger partial charge in [0.2, 0.25) is 0 Å². The van der Waals surface area contributed by atoms with E-state index in [1.54, 1.807) is 0 Å². The van der Waals surface area contributed by atoms with Gasteiger partial charge in [0.15, 0.2) is 0 Å². The Morgan fingerprint density at radius 3 is 1.59 bits per heavy atom. The number of nitrogens with one attached hydrogen (secondary N) is 1. The van der Waals surface area contributed by atoms with Crippen molar-refractivity contribution in [1.29, 1.82) is 0 Å². The Labute approximate surface area is 171 Å². The van der Waals surface area contributed by atoms with E-state index in [1.165, 1.54) is 26.0 Å². The first-order valence-corrected chi connectivity index (χ1v) is 8.35. The second-order valence-corrected chi connectivity index (χ2v) is 7.02. The molecule has 1 amide bonds. The van der Waals surface area contributed by atoms with Crippen molar-refractivity contribution >= 4 is 11.6 Å². The van der Waals surface area contributed by atoms with E-state index < -0.39 is 53.3 Å². The summed E-state index contributed by atoms with van der Waals surface area (Å²) in [5.41, 5.74) is -0.652. The molecule has 184 valence electrons. The predicted molar refractivity (Wildman–Crippen MR) is 84.7 cm³/mol. The summed E-state index contributed by atoms with van der Waals surface area (Å²) in [4.78, 5) is 11.7. The summed E-state index contributed by atoms with van der Waals surface area (Å²) in [6.07, 6.45) is -7.51. The van der Waals surface area contributed by atoms with Crippen LogP contribution >= 0.6 is 0 Å². The highest BCUT2D eigenvalue weighted by Crippen LogP contribution is 2.60. The van der Waals surface area contributed by atoms with Gasteiger partial charge in [0, 0.05) is 5.69 Å². The third-order valence-corrected chi connectivity index (χ3v) is 4.38. The van der Waals surface area contributed by atoms with Crippen LogP contribution in [0.25, 0.3) is 0 Å². The van der Waals surface area contributed by atoms with Gasteiger partial charge < -0.3 is 5.32 Å². The molecule has 0 aromatic heterocycles. The maximum absolute atomic E-state index is 14.0.